The van der Waals surface area contributed by atoms with Crippen LogP contribution in [0.2, 0.25) is 0 Å². The third-order valence-corrected chi connectivity index (χ3v) is 11.4. The molecule has 10 aromatic rings. The molecule has 9 aromatic carbocycles. The first-order chi connectivity index (χ1) is 27.3. The normalized spacial score (nSPS) is 13.7. The van der Waals surface area contributed by atoms with Crippen molar-refractivity contribution < 1.29 is 4.57 Å². The second kappa shape index (κ2) is 12.8. The van der Waals surface area contributed by atoms with Crippen LogP contribution in [0.1, 0.15) is 17.2 Å². The van der Waals surface area contributed by atoms with Crippen molar-refractivity contribution >= 4 is 54.5 Å². The lowest BCUT2D eigenvalue weighted by molar-refractivity contribution is -0.697. The van der Waals surface area contributed by atoms with Crippen LogP contribution in [0.5, 0.6) is 0 Å². The molecule has 1 atom stereocenters. The van der Waals surface area contributed by atoms with E-state index in [1.54, 1.807) is 0 Å². The monoisotopic (exact) mass is 699 g/mol. The number of aliphatic imine (C=N–C) groups is 1. The van der Waals surface area contributed by atoms with Crippen molar-refractivity contribution in [1.29, 1.82) is 0 Å². The zero-order chi connectivity index (χ0) is 36.3. The van der Waals surface area contributed by atoms with Gasteiger partial charge in [0.05, 0.1) is 11.3 Å². The van der Waals surface area contributed by atoms with Crippen molar-refractivity contribution in [3.63, 3.8) is 0 Å². The van der Waals surface area contributed by atoms with Crippen molar-refractivity contribution in [2.75, 3.05) is 0 Å². The molecule has 0 fully saturated rings. The largest absolute Gasteiger partial charge is 0.245 e. The fraction of sp³-hybridized carbons (Fsp3) is 0.0189. The summed E-state index contributed by atoms with van der Waals surface area (Å²) in [6, 6.07) is 70.8. The molecule has 55 heavy (non-hydrogen) atoms. The quantitative estimate of drug-likeness (QED) is 0.126. The van der Waals surface area contributed by atoms with Gasteiger partial charge in [-0.3, -0.25) is 0 Å². The fourth-order valence-corrected chi connectivity index (χ4v) is 8.77. The van der Waals surface area contributed by atoms with Gasteiger partial charge in [-0.05, 0) is 107 Å². The minimum Gasteiger partial charge on any atom is -0.245 e. The van der Waals surface area contributed by atoms with Gasteiger partial charge < -0.3 is 0 Å². The lowest BCUT2D eigenvalue weighted by Crippen LogP contribution is -2.42. The van der Waals surface area contributed by atoms with Crippen molar-refractivity contribution in [3.05, 3.63) is 218 Å². The van der Waals surface area contributed by atoms with Gasteiger partial charge in [-0.25, -0.2) is 4.99 Å². The summed E-state index contributed by atoms with van der Waals surface area (Å²) in [5.41, 5.74) is 11.8. The Morgan fingerprint density at radius 3 is 1.53 bits per heavy atom. The van der Waals surface area contributed by atoms with E-state index in [1.165, 1.54) is 82.0 Å². The molecule has 0 spiro atoms. The average molecular weight is 700 g/mol. The molecule has 2 heteroatoms. The van der Waals surface area contributed by atoms with Crippen molar-refractivity contribution in [1.82, 2.24) is 0 Å². The summed E-state index contributed by atoms with van der Waals surface area (Å²) in [6.45, 7) is 0. The Labute approximate surface area is 319 Å². The second-order valence-electron chi connectivity index (χ2n) is 14.5. The van der Waals surface area contributed by atoms with Crippen LogP contribution < -0.4 is 4.57 Å². The molecule has 0 saturated carbocycles. The van der Waals surface area contributed by atoms with Gasteiger partial charge in [0.1, 0.15) is 5.71 Å². The van der Waals surface area contributed by atoms with E-state index in [2.05, 4.69) is 211 Å². The second-order valence-corrected chi connectivity index (χ2v) is 14.5. The fourth-order valence-electron chi connectivity index (χ4n) is 8.77. The molecular formula is C53H35N2+. The molecule has 0 saturated heterocycles. The number of nitrogens with zero attached hydrogens (tertiary/aromatic N) is 2. The Bertz CT molecular complexity index is 3140. The molecule has 1 aromatic heterocycles. The van der Waals surface area contributed by atoms with Crippen LogP contribution in [0.3, 0.4) is 0 Å². The number of benzene rings is 9. The van der Waals surface area contributed by atoms with E-state index in [4.69, 9.17) is 4.99 Å². The number of hydrogen-bond acceptors (Lipinski definition) is 1. The first-order valence-corrected chi connectivity index (χ1v) is 19.0. The van der Waals surface area contributed by atoms with E-state index in [-0.39, 0.29) is 6.04 Å². The highest BCUT2D eigenvalue weighted by atomic mass is 15.0. The molecule has 0 amide bonds. The Morgan fingerprint density at radius 1 is 0.345 bits per heavy atom. The summed E-state index contributed by atoms with van der Waals surface area (Å²) in [7, 11) is 0. The van der Waals surface area contributed by atoms with Gasteiger partial charge in [0, 0.05) is 17.7 Å². The number of aromatic nitrogens is 1. The Balaban J connectivity index is 1.10. The predicted octanol–water partition coefficient (Wildman–Crippen LogP) is 13.3. The SMILES string of the molecule is c1cc[n+](C2C(c3ccc(-c4ccc5c(-c6ccc7ccccc7c6)c6ccccc6c(-c6ccc7ccccc7c6)c5c4)cc3)=Nc3ccccc32)cc1. The maximum atomic E-state index is 5.17. The molecule has 0 N–H and O–H groups in total. The molecule has 0 radical (unpaired) electrons. The van der Waals surface area contributed by atoms with Crippen LogP contribution in [-0.2, 0) is 0 Å². The first kappa shape index (κ1) is 31.4. The number of rotatable bonds is 5. The molecule has 1 aliphatic rings. The van der Waals surface area contributed by atoms with E-state index in [0.29, 0.717) is 0 Å². The molecule has 0 bridgehead atoms. The Hall–Kier alpha value is -7.16. The van der Waals surface area contributed by atoms with Gasteiger partial charge in [0.25, 0.3) is 0 Å². The standard InChI is InChI=1S/C53H35N2/c1-10-30-55(31-11-1)53-47-18-8-9-19-49(47)54-52(53)38-24-20-37(21-25-38)41-28-29-46-48(34-41)51(43-27-23-36-13-3-5-15-40(36)33-43)45-17-7-6-16-44(45)50(46)42-26-22-35-12-2-4-14-39(35)32-42/h1-34,53H/q+1. The summed E-state index contributed by atoms with van der Waals surface area (Å²) < 4.78 is 2.26. The number of fused-ring (bicyclic) bond motifs is 5. The maximum absolute atomic E-state index is 5.17. The minimum absolute atomic E-state index is 0.0234. The van der Waals surface area contributed by atoms with E-state index in [0.717, 1.165) is 17.0 Å². The zero-order valence-electron chi connectivity index (χ0n) is 30.1. The van der Waals surface area contributed by atoms with Gasteiger partial charge >= 0.3 is 0 Å². The molecule has 256 valence electrons. The predicted molar refractivity (Wildman–Crippen MR) is 230 cm³/mol. The lowest BCUT2D eigenvalue weighted by atomic mass is 9.84. The third-order valence-electron chi connectivity index (χ3n) is 11.4. The molecule has 0 aliphatic carbocycles. The van der Waals surface area contributed by atoms with E-state index in [9.17, 15) is 0 Å². The molecule has 2 heterocycles. The first-order valence-electron chi connectivity index (χ1n) is 19.0. The number of hydrogen-bond donors (Lipinski definition) is 0. The third kappa shape index (κ3) is 5.26. The summed E-state index contributed by atoms with van der Waals surface area (Å²) in [5, 5.41) is 9.99. The molecule has 11 rings (SSSR count). The van der Waals surface area contributed by atoms with Gasteiger partial charge in [-0.15, -0.1) is 0 Å². The smallest absolute Gasteiger partial charge is 0.228 e. The maximum Gasteiger partial charge on any atom is 0.228 e. The topological polar surface area (TPSA) is 16.2 Å². The van der Waals surface area contributed by atoms with Crippen molar-refractivity contribution in [2.45, 2.75) is 6.04 Å². The highest BCUT2D eigenvalue weighted by Gasteiger charge is 2.35. The van der Waals surface area contributed by atoms with E-state index >= 15 is 0 Å². The van der Waals surface area contributed by atoms with Crippen LogP contribution in [0.25, 0.3) is 76.5 Å². The van der Waals surface area contributed by atoms with Crippen molar-refractivity contribution in [2.24, 2.45) is 4.99 Å². The van der Waals surface area contributed by atoms with Crippen LogP contribution in [-0.4, -0.2) is 5.71 Å². The number of para-hydroxylation sites is 1. The average Bonchev–Trinajstić information content (AvgIpc) is 3.65. The van der Waals surface area contributed by atoms with Crippen molar-refractivity contribution in [3.8, 4) is 33.4 Å². The number of pyridine rings is 1. The summed E-state index contributed by atoms with van der Waals surface area (Å²) in [6.07, 6.45) is 4.27. The van der Waals surface area contributed by atoms with Crippen LogP contribution >= 0.6 is 0 Å². The highest BCUT2D eigenvalue weighted by molar-refractivity contribution is 6.22. The molecule has 1 aliphatic heterocycles. The van der Waals surface area contributed by atoms with Gasteiger partial charge in [0.2, 0.25) is 6.04 Å². The summed E-state index contributed by atoms with van der Waals surface area (Å²) in [4.78, 5) is 5.17. The van der Waals surface area contributed by atoms with Crippen LogP contribution in [0.4, 0.5) is 5.69 Å². The zero-order valence-corrected chi connectivity index (χ0v) is 30.1. The van der Waals surface area contributed by atoms with Gasteiger partial charge in [0.15, 0.2) is 12.4 Å². The molecule has 2 nitrogen and oxygen atoms in total. The van der Waals surface area contributed by atoms with Gasteiger partial charge in [-0.2, -0.15) is 4.57 Å². The summed E-state index contributed by atoms with van der Waals surface area (Å²) in [5.74, 6) is 0. The summed E-state index contributed by atoms with van der Waals surface area (Å²) >= 11 is 0. The lowest BCUT2D eigenvalue weighted by Gasteiger charge is -2.19. The minimum atomic E-state index is 0.0234. The van der Waals surface area contributed by atoms with E-state index < -0.39 is 0 Å². The van der Waals surface area contributed by atoms with Crippen LogP contribution in [0, 0.1) is 0 Å². The molecule has 1 unspecified atom stereocenters. The van der Waals surface area contributed by atoms with Gasteiger partial charge in [-0.1, -0.05) is 152 Å². The Kier molecular flexibility index (Phi) is 7.28. The van der Waals surface area contributed by atoms with Crippen LogP contribution in [0.15, 0.2) is 212 Å². The molecular weight excluding hydrogens is 665 g/mol. The van der Waals surface area contributed by atoms with E-state index in [1.807, 2.05) is 0 Å². The highest BCUT2D eigenvalue weighted by Crippen LogP contribution is 2.46. The Morgan fingerprint density at radius 2 is 0.855 bits per heavy atom.